The average Bonchev–Trinajstić information content (AvgIpc) is 2.55. The Balaban J connectivity index is 1.30. The minimum absolute atomic E-state index is 0.530. The highest BCUT2D eigenvalue weighted by Crippen LogP contribution is 2.21. The van der Waals surface area contributed by atoms with Crippen molar-refractivity contribution in [1.29, 1.82) is 0 Å². The Morgan fingerprint density at radius 2 is 0.952 bits per heavy atom. The van der Waals surface area contributed by atoms with Gasteiger partial charge in [0.1, 0.15) is 0 Å². The molecule has 0 amide bonds. The van der Waals surface area contributed by atoms with Crippen LogP contribution in [0, 0.1) is 0 Å². The maximum atomic E-state index is 5.89. The van der Waals surface area contributed by atoms with Crippen molar-refractivity contribution in [3.8, 4) is 0 Å². The summed E-state index contributed by atoms with van der Waals surface area (Å²) in [6, 6.07) is 0. The van der Waals surface area contributed by atoms with Gasteiger partial charge in [-0.3, -0.25) is 0 Å². The summed E-state index contributed by atoms with van der Waals surface area (Å²) in [6.07, 6.45) is 16.4. The zero-order valence-electron chi connectivity index (χ0n) is 13.7. The molecule has 0 aromatic rings. The third-order valence-corrected chi connectivity index (χ3v) is 4.68. The number of ether oxygens (including phenoxy) is 3. The molecule has 0 heterocycles. The normalized spacial score (nSPS) is 21.7. The summed E-state index contributed by atoms with van der Waals surface area (Å²) in [5, 5.41) is 0. The van der Waals surface area contributed by atoms with Crippen molar-refractivity contribution < 1.29 is 14.2 Å². The molecule has 3 nitrogen and oxygen atoms in total. The summed E-state index contributed by atoms with van der Waals surface area (Å²) >= 11 is 0. The van der Waals surface area contributed by atoms with Crippen LogP contribution >= 0.6 is 0 Å². The van der Waals surface area contributed by atoms with Crippen LogP contribution in [0.4, 0.5) is 0 Å². The predicted octanol–water partition coefficient (Wildman–Crippen LogP) is 4.48. The molecule has 0 radical (unpaired) electrons. The van der Waals surface area contributed by atoms with Crippen molar-refractivity contribution in [3.05, 3.63) is 0 Å². The highest BCUT2D eigenvalue weighted by atomic mass is 16.5. The molecule has 0 aromatic heterocycles. The van der Waals surface area contributed by atoms with Crippen LogP contribution in [0.3, 0.4) is 0 Å². The zero-order valence-corrected chi connectivity index (χ0v) is 13.7. The molecule has 2 aliphatic carbocycles. The summed E-state index contributed by atoms with van der Waals surface area (Å²) in [6.45, 7) is 3.39. The Hall–Kier alpha value is -0.120. The largest absolute Gasteiger partial charge is 0.381 e. The van der Waals surface area contributed by atoms with Crippen LogP contribution in [0.2, 0.25) is 0 Å². The van der Waals surface area contributed by atoms with E-state index in [1.54, 1.807) is 0 Å². The van der Waals surface area contributed by atoms with Crippen LogP contribution in [0.1, 0.15) is 77.0 Å². The first-order chi connectivity index (χ1) is 10.4. The van der Waals surface area contributed by atoms with Gasteiger partial charge in [-0.25, -0.2) is 0 Å². The van der Waals surface area contributed by atoms with Crippen molar-refractivity contribution >= 4 is 0 Å². The first-order valence-corrected chi connectivity index (χ1v) is 9.26. The Kier molecular flexibility index (Phi) is 9.40. The molecule has 0 unspecified atom stereocenters. The molecule has 0 N–H and O–H groups in total. The van der Waals surface area contributed by atoms with Crippen molar-refractivity contribution in [2.75, 3.05) is 26.4 Å². The summed E-state index contributed by atoms with van der Waals surface area (Å²) < 4.78 is 17.4. The van der Waals surface area contributed by atoms with Crippen LogP contribution in [-0.2, 0) is 14.2 Å². The molecular weight excluding hydrogens is 264 g/mol. The van der Waals surface area contributed by atoms with Crippen LogP contribution in [0.5, 0.6) is 0 Å². The smallest absolute Gasteiger partial charge is 0.0575 e. The topological polar surface area (TPSA) is 27.7 Å². The first-order valence-electron chi connectivity index (χ1n) is 9.26. The number of rotatable bonds is 10. The minimum atomic E-state index is 0.530. The lowest BCUT2D eigenvalue weighted by atomic mass is 9.98. The van der Waals surface area contributed by atoms with E-state index in [0.29, 0.717) is 12.2 Å². The molecule has 21 heavy (non-hydrogen) atoms. The van der Waals surface area contributed by atoms with Gasteiger partial charge in [-0.2, -0.15) is 0 Å². The molecule has 0 aliphatic heterocycles. The Bertz CT molecular complexity index is 209. The van der Waals surface area contributed by atoms with Crippen molar-refractivity contribution in [2.45, 2.75) is 89.3 Å². The van der Waals surface area contributed by atoms with E-state index in [1.807, 2.05) is 0 Å². The van der Waals surface area contributed by atoms with Gasteiger partial charge in [-0.15, -0.1) is 0 Å². The molecule has 2 fully saturated rings. The lowest BCUT2D eigenvalue weighted by Gasteiger charge is -2.22. The lowest BCUT2D eigenvalue weighted by molar-refractivity contribution is 0.00212. The van der Waals surface area contributed by atoms with Crippen LogP contribution < -0.4 is 0 Å². The predicted molar refractivity (Wildman–Crippen MR) is 85.7 cm³/mol. The fourth-order valence-corrected chi connectivity index (χ4v) is 3.39. The number of hydrogen-bond acceptors (Lipinski definition) is 3. The number of hydrogen-bond donors (Lipinski definition) is 0. The van der Waals surface area contributed by atoms with Crippen LogP contribution in [0.25, 0.3) is 0 Å². The van der Waals surface area contributed by atoms with E-state index < -0.39 is 0 Å². The van der Waals surface area contributed by atoms with Gasteiger partial charge in [-0.1, -0.05) is 38.5 Å². The maximum absolute atomic E-state index is 5.89. The van der Waals surface area contributed by atoms with E-state index in [0.717, 1.165) is 39.3 Å². The van der Waals surface area contributed by atoms with Gasteiger partial charge in [0.15, 0.2) is 0 Å². The van der Waals surface area contributed by atoms with Crippen molar-refractivity contribution in [3.63, 3.8) is 0 Å². The van der Waals surface area contributed by atoms with E-state index in [1.165, 1.54) is 64.2 Å². The van der Waals surface area contributed by atoms with Gasteiger partial charge >= 0.3 is 0 Å². The zero-order chi connectivity index (χ0) is 14.6. The third-order valence-electron chi connectivity index (χ3n) is 4.68. The molecule has 0 saturated heterocycles. The van der Waals surface area contributed by atoms with Crippen LogP contribution in [0.15, 0.2) is 0 Å². The van der Waals surface area contributed by atoms with E-state index in [9.17, 15) is 0 Å². The minimum Gasteiger partial charge on any atom is -0.381 e. The lowest BCUT2D eigenvalue weighted by Crippen LogP contribution is -2.18. The van der Waals surface area contributed by atoms with Gasteiger partial charge < -0.3 is 14.2 Å². The van der Waals surface area contributed by atoms with Gasteiger partial charge in [0, 0.05) is 26.4 Å². The quantitative estimate of drug-likeness (QED) is 0.556. The second-order valence-electron chi connectivity index (χ2n) is 6.58. The third kappa shape index (κ3) is 8.18. The van der Waals surface area contributed by atoms with Crippen molar-refractivity contribution in [2.24, 2.45) is 0 Å². The van der Waals surface area contributed by atoms with E-state index in [4.69, 9.17) is 14.2 Å². The second kappa shape index (κ2) is 11.4. The molecule has 0 bridgehead atoms. The summed E-state index contributed by atoms with van der Waals surface area (Å²) in [4.78, 5) is 0. The van der Waals surface area contributed by atoms with Gasteiger partial charge in [0.2, 0.25) is 0 Å². The standard InChI is InChI=1S/C18H34O3/c1-3-9-17(10-4-1)20-15-7-13-19-14-8-16-21-18-11-5-2-6-12-18/h17-18H,1-16H2. The van der Waals surface area contributed by atoms with Gasteiger partial charge in [0.05, 0.1) is 12.2 Å². The summed E-state index contributed by atoms with van der Waals surface area (Å²) in [7, 11) is 0. The van der Waals surface area contributed by atoms with E-state index >= 15 is 0 Å². The second-order valence-corrected chi connectivity index (χ2v) is 6.58. The molecule has 124 valence electrons. The molecule has 2 saturated carbocycles. The highest BCUT2D eigenvalue weighted by molar-refractivity contribution is 4.65. The Labute approximate surface area is 130 Å². The fourth-order valence-electron chi connectivity index (χ4n) is 3.39. The van der Waals surface area contributed by atoms with E-state index in [2.05, 4.69) is 0 Å². The van der Waals surface area contributed by atoms with Crippen molar-refractivity contribution in [1.82, 2.24) is 0 Å². The molecule has 0 aromatic carbocycles. The maximum Gasteiger partial charge on any atom is 0.0575 e. The SMILES string of the molecule is C1CCC(OCCCOCCCOC2CCCCC2)CC1. The molecule has 0 spiro atoms. The summed E-state index contributed by atoms with van der Waals surface area (Å²) in [5.74, 6) is 0. The average molecular weight is 298 g/mol. The van der Waals surface area contributed by atoms with Crippen LogP contribution in [-0.4, -0.2) is 38.6 Å². The Morgan fingerprint density at radius 3 is 1.38 bits per heavy atom. The molecule has 2 rings (SSSR count). The first kappa shape index (κ1) is 17.2. The van der Waals surface area contributed by atoms with Gasteiger partial charge in [-0.05, 0) is 38.5 Å². The highest BCUT2D eigenvalue weighted by Gasteiger charge is 2.13. The molecule has 3 heteroatoms. The summed E-state index contributed by atoms with van der Waals surface area (Å²) in [5.41, 5.74) is 0. The van der Waals surface area contributed by atoms with E-state index in [-0.39, 0.29) is 0 Å². The monoisotopic (exact) mass is 298 g/mol. The molecule has 2 aliphatic rings. The Morgan fingerprint density at radius 1 is 0.524 bits per heavy atom. The molecule has 0 atom stereocenters. The molecular formula is C18H34O3. The van der Waals surface area contributed by atoms with Gasteiger partial charge in [0.25, 0.3) is 0 Å². The fraction of sp³-hybridized carbons (Fsp3) is 1.00.